The number of fused-ring (bicyclic) bond motifs is 1. The molecule has 1 atom stereocenters. The molecule has 2 heterocycles. The first-order valence-electron chi connectivity index (χ1n) is 6.73. The fourth-order valence-corrected chi connectivity index (χ4v) is 2.31. The number of aromatic amines is 1. The Bertz CT molecular complexity index is 779. The standard InChI is InChI=1S/C16H16N4O/c1-10(14-4-2-3-7-18-14)20-16(21)13-9-19-15-8-11(17)5-6-12(13)15/h2-10,19H,17H2,1H3,(H,20,21). The van der Waals surface area contributed by atoms with Crippen LogP contribution in [0.5, 0.6) is 0 Å². The molecule has 0 spiro atoms. The van der Waals surface area contributed by atoms with Crippen molar-refractivity contribution in [3.8, 4) is 0 Å². The van der Waals surface area contributed by atoms with E-state index in [1.807, 2.05) is 37.3 Å². The number of nitrogens with zero attached hydrogens (tertiary/aromatic N) is 1. The second-order valence-corrected chi connectivity index (χ2v) is 4.96. The minimum absolute atomic E-state index is 0.135. The summed E-state index contributed by atoms with van der Waals surface area (Å²) in [5.74, 6) is -0.135. The van der Waals surface area contributed by atoms with Crippen LogP contribution in [0.4, 0.5) is 5.69 Å². The zero-order valence-electron chi connectivity index (χ0n) is 11.6. The van der Waals surface area contributed by atoms with Gasteiger partial charge in [-0.15, -0.1) is 0 Å². The molecule has 0 aliphatic rings. The van der Waals surface area contributed by atoms with Crippen molar-refractivity contribution >= 4 is 22.5 Å². The summed E-state index contributed by atoms with van der Waals surface area (Å²) in [7, 11) is 0. The summed E-state index contributed by atoms with van der Waals surface area (Å²) in [6.45, 7) is 1.91. The van der Waals surface area contributed by atoms with E-state index in [9.17, 15) is 4.79 Å². The fourth-order valence-electron chi connectivity index (χ4n) is 2.31. The van der Waals surface area contributed by atoms with E-state index in [0.29, 0.717) is 11.3 Å². The van der Waals surface area contributed by atoms with Crippen LogP contribution in [-0.2, 0) is 0 Å². The van der Waals surface area contributed by atoms with E-state index in [1.165, 1.54) is 0 Å². The van der Waals surface area contributed by atoms with Crippen molar-refractivity contribution in [2.24, 2.45) is 0 Å². The smallest absolute Gasteiger partial charge is 0.253 e. The summed E-state index contributed by atoms with van der Waals surface area (Å²) in [4.78, 5) is 19.7. The number of hydrogen-bond donors (Lipinski definition) is 3. The summed E-state index contributed by atoms with van der Waals surface area (Å²) in [6.07, 6.45) is 3.41. The zero-order chi connectivity index (χ0) is 14.8. The predicted molar refractivity (Wildman–Crippen MR) is 82.8 cm³/mol. The van der Waals surface area contributed by atoms with Crippen LogP contribution in [0.25, 0.3) is 10.9 Å². The van der Waals surface area contributed by atoms with Gasteiger partial charge in [-0.3, -0.25) is 9.78 Å². The highest BCUT2D eigenvalue weighted by atomic mass is 16.1. The number of benzene rings is 1. The van der Waals surface area contributed by atoms with Gasteiger partial charge in [-0.25, -0.2) is 0 Å². The van der Waals surface area contributed by atoms with Crippen LogP contribution in [0.3, 0.4) is 0 Å². The second-order valence-electron chi connectivity index (χ2n) is 4.96. The molecule has 0 aliphatic carbocycles. The van der Waals surface area contributed by atoms with Gasteiger partial charge < -0.3 is 16.0 Å². The topological polar surface area (TPSA) is 83.8 Å². The van der Waals surface area contributed by atoms with Crippen molar-refractivity contribution in [2.45, 2.75) is 13.0 Å². The van der Waals surface area contributed by atoms with E-state index in [-0.39, 0.29) is 11.9 Å². The molecule has 5 nitrogen and oxygen atoms in total. The Labute approximate surface area is 122 Å². The van der Waals surface area contributed by atoms with Crippen LogP contribution in [0.2, 0.25) is 0 Å². The number of aromatic nitrogens is 2. The van der Waals surface area contributed by atoms with Crippen molar-refractivity contribution < 1.29 is 4.79 Å². The first kappa shape index (κ1) is 13.2. The van der Waals surface area contributed by atoms with Gasteiger partial charge in [0.05, 0.1) is 17.3 Å². The van der Waals surface area contributed by atoms with Crippen molar-refractivity contribution in [3.05, 3.63) is 60.0 Å². The lowest BCUT2D eigenvalue weighted by Gasteiger charge is -2.12. The summed E-state index contributed by atoms with van der Waals surface area (Å²) < 4.78 is 0. The molecule has 3 aromatic rings. The average molecular weight is 280 g/mol. The highest BCUT2D eigenvalue weighted by Gasteiger charge is 2.15. The number of nitrogens with one attached hydrogen (secondary N) is 2. The lowest BCUT2D eigenvalue weighted by Crippen LogP contribution is -2.26. The minimum atomic E-state index is -0.155. The molecule has 1 aromatic carbocycles. The highest BCUT2D eigenvalue weighted by Crippen LogP contribution is 2.21. The molecule has 4 N–H and O–H groups in total. The molecule has 1 unspecified atom stereocenters. The Morgan fingerprint density at radius 1 is 1.33 bits per heavy atom. The molecule has 5 heteroatoms. The van der Waals surface area contributed by atoms with Gasteiger partial charge in [-0.2, -0.15) is 0 Å². The number of anilines is 1. The monoisotopic (exact) mass is 280 g/mol. The third-order valence-electron chi connectivity index (χ3n) is 3.43. The Hall–Kier alpha value is -2.82. The van der Waals surface area contributed by atoms with Crippen molar-refractivity contribution in [1.29, 1.82) is 0 Å². The van der Waals surface area contributed by atoms with E-state index in [4.69, 9.17) is 5.73 Å². The van der Waals surface area contributed by atoms with E-state index in [0.717, 1.165) is 16.6 Å². The molecule has 2 aromatic heterocycles. The van der Waals surface area contributed by atoms with Crippen LogP contribution in [0.15, 0.2) is 48.8 Å². The third-order valence-corrected chi connectivity index (χ3v) is 3.43. The van der Waals surface area contributed by atoms with Gasteiger partial charge in [0, 0.05) is 29.0 Å². The van der Waals surface area contributed by atoms with Gasteiger partial charge >= 0.3 is 0 Å². The van der Waals surface area contributed by atoms with E-state index < -0.39 is 0 Å². The van der Waals surface area contributed by atoms with E-state index >= 15 is 0 Å². The van der Waals surface area contributed by atoms with Crippen LogP contribution >= 0.6 is 0 Å². The SMILES string of the molecule is CC(NC(=O)c1c[nH]c2cc(N)ccc12)c1ccccn1. The highest BCUT2D eigenvalue weighted by molar-refractivity contribution is 6.07. The predicted octanol–water partition coefficient (Wildman–Crippen LogP) is 2.64. The van der Waals surface area contributed by atoms with Gasteiger partial charge in [0.1, 0.15) is 0 Å². The molecule has 106 valence electrons. The summed E-state index contributed by atoms with van der Waals surface area (Å²) in [5, 5.41) is 3.81. The molecule has 0 saturated carbocycles. The van der Waals surface area contributed by atoms with E-state index in [1.54, 1.807) is 18.5 Å². The molecule has 0 aliphatic heterocycles. The Kier molecular flexibility index (Phi) is 3.31. The van der Waals surface area contributed by atoms with Crippen LogP contribution in [0, 0.1) is 0 Å². The first-order valence-corrected chi connectivity index (χ1v) is 6.73. The quantitative estimate of drug-likeness (QED) is 0.645. The molecule has 0 fully saturated rings. The average Bonchev–Trinajstić information content (AvgIpc) is 2.91. The molecule has 1 amide bonds. The summed E-state index contributed by atoms with van der Waals surface area (Å²) in [6, 6.07) is 10.9. The number of H-pyrrole nitrogens is 1. The summed E-state index contributed by atoms with van der Waals surface area (Å²) in [5.41, 5.74) is 8.69. The third kappa shape index (κ3) is 2.58. The number of nitrogen functional groups attached to an aromatic ring is 1. The van der Waals surface area contributed by atoms with Gasteiger partial charge in [-0.1, -0.05) is 6.07 Å². The van der Waals surface area contributed by atoms with Gasteiger partial charge in [0.2, 0.25) is 0 Å². The summed E-state index contributed by atoms with van der Waals surface area (Å²) >= 11 is 0. The molecule has 0 saturated heterocycles. The normalized spacial score (nSPS) is 12.2. The minimum Gasteiger partial charge on any atom is -0.399 e. The fraction of sp³-hybridized carbons (Fsp3) is 0.125. The van der Waals surface area contributed by atoms with Crippen LogP contribution in [0.1, 0.15) is 29.0 Å². The molecule has 21 heavy (non-hydrogen) atoms. The van der Waals surface area contributed by atoms with E-state index in [2.05, 4.69) is 15.3 Å². The van der Waals surface area contributed by atoms with Gasteiger partial charge in [0.15, 0.2) is 0 Å². The molecular weight excluding hydrogens is 264 g/mol. The number of rotatable bonds is 3. The first-order chi connectivity index (χ1) is 10.1. The maximum absolute atomic E-state index is 12.4. The van der Waals surface area contributed by atoms with Gasteiger partial charge in [0.25, 0.3) is 5.91 Å². The number of carbonyl (C=O) groups is 1. The number of carbonyl (C=O) groups excluding carboxylic acids is 1. The maximum Gasteiger partial charge on any atom is 0.253 e. The number of amides is 1. The Morgan fingerprint density at radius 2 is 2.19 bits per heavy atom. The number of nitrogens with two attached hydrogens (primary N) is 1. The Balaban J connectivity index is 1.84. The van der Waals surface area contributed by atoms with Crippen molar-refractivity contribution in [3.63, 3.8) is 0 Å². The molecule has 0 radical (unpaired) electrons. The Morgan fingerprint density at radius 3 is 2.95 bits per heavy atom. The lowest BCUT2D eigenvalue weighted by molar-refractivity contribution is 0.0941. The molecular formula is C16H16N4O. The van der Waals surface area contributed by atoms with Crippen LogP contribution < -0.4 is 11.1 Å². The molecule has 3 rings (SSSR count). The van der Waals surface area contributed by atoms with Crippen LogP contribution in [-0.4, -0.2) is 15.9 Å². The van der Waals surface area contributed by atoms with Gasteiger partial charge in [-0.05, 0) is 37.3 Å². The van der Waals surface area contributed by atoms with Crippen molar-refractivity contribution in [1.82, 2.24) is 15.3 Å². The number of hydrogen-bond acceptors (Lipinski definition) is 3. The second kappa shape index (κ2) is 5.28. The maximum atomic E-state index is 12.4. The largest absolute Gasteiger partial charge is 0.399 e. The lowest BCUT2D eigenvalue weighted by atomic mass is 10.1. The van der Waals surface area contributed by atoms with Crippen molar-refractivity contribution in [2.75, 3.05) is 5.73 Å². The molecule has 0 bridgehead atoms. The zero-order valence-corrected chi connectivity index (χ0v) is 11.6. The number of pyridine rings is 1.